The Morgan fingerprint density at radius 3 is 2.00 bits per heavy atom. The molecule has 1 aliphatic carbocycles. The van der Waals surface area contributed by atoms with Crippen LogP contribution in [-0.2, 0) is 20.7 Å². The smallest absolute Gasteiger partial charge is 0.125 e. The molecule has 1 saturated carbocycles. The van der Waals surface area contributed by atoms with Crippen molar-refractivity contribution in [2.45, 2.75) is 95.6 Å². The van der Waals surface area contributed by atoms with Crippen LogP contribution in [0, 0.1) is 0 Å². The molecule has 3 heteroatoms. The zero-order valence-corrected chi connectivity index (χ0v) is 16.0. The van der Waals surface area contributed by atoms with Gasteiger partial charge in [0.2, 0.25) is 0 Å². The zero-order chi connectivity index (χ0) is 17.4. The molecule has 2 aliphatic heterocycles. The van der Waals surface area contributed by atoms with Gasteiger partial charge in [-0.2, -0.15) is 5.06 Å². The highest BCUT2D eigenvalue weighted by molar-refractivity contribution is 5.42. The highest BCUT2D eigenvalue weighted by atomic mass is 16.7. The van der Waals surface area contributed by atoms with Crippen LogP contribution in [0.25, 0.3) is 0 Å². The Labute approximate surface area is 146 Å². The molecule has 0 bridgehead atoms. The molecule has 0 aromatic heterocycles. The number of fused-ring (bicyclic) bond motifs is 1. The summed E-state index contributed by atoms with van der Waals surface area (Å²) in [5.41, 5.74) is 2.31. The molecule has 3 aliphatic rings. The van der Waals surface area contributed by atoms with Gasteiger partial charge in [0.15, 0.2) is 0 Å². The van der Waals surface area contributed by atoms with Crippen LogP contribution in [0.1, 0.15) is 78.4 Å². The maximum atomic E-state index is 6.79. The van der Waals surface area contributed by atoms with Gasteiger partial charge >= 0.3 is 0 Å². The van der Waals surface area contributed by atoms with E-state index in [2.05, 4.69) is 70.9 Å². The van der Waals surface area contributed by atoms with Gasteiger partial charge in [0, 0.05) is 0 Å². The number of ether oxygens (including phenoxy) is 1. The second-order valence-electron chi connectivity index (χ2n) is 9.30. The SMILES string of the molecule is CC1(C)c2ccccc2C(C)(C)N1O[C@@H]1CCCC[C@@]12OC2(C)C. The molecule has 4 rings (SSSR count). The lowest BCUT2D eigenvalue weighted by atomic mass is 9.79. The van der Waals surface area contributed by atoms with Crippen LogP contribution >= 0.6 is 0 Å². The van der Waals surface area contributed by atoms with Crippen molar-refractivity contribution in [3.05, 3.63) is 35.4 Å². The van der Waals surface area contributed by atoms with Crippen molar-refractivity contribution in [1.82, 2.24) is 5.06 Å². The van der Waals surface area contributed by atoms with E-state index < -0.39 is 0 Å². The molecular formula is C21H31NO2. The van der Waals surface area contributed by atoms with Crippen LogP contribution < -0.4 is 0 Å². The predicted molar refractivity (Wildman–Crippen MR) is 95.6 cm³/mol. The van der Waals surface area contributed by atoms with E-state index in [1.165, 1.54) is 24.0 Å². The monoisotopic (exact) mass is 329 g/mol. The quantitative estimate of drug-likeness (QED) is 0.722. The summed E-state index contributed by atoms with van der Waals surface area (Å²) in [5, 5.41) is 2.25. The second-order valence-corrected chi connectivity index (χ2v) is 9.30. The van der Waals surface area contributed by atoms with Gasteiger partial charge in [-0.05, 0) is 65.5 Å². The molecule has 24 heavy (non-hydrogen) atoms. The van der Waals surface area contributed by atoms with Gasteiger partial charge in [0.25, 0.3) is 0 Å². The highest BCUT2D eigenvalue weighted by Gasteiger charge is 2.69. The summed E-state index contributed by atoms with van der Waals surface area (Å²) < 4.78 is 6.22. The van der Waals surface area contributed by atoms with E-state index in [0.717, 1.165) is 12.8 Å². The second kappa shape index (κ2) is 4.84. The Bertz CT molecular complexity index is 629. The van der Waals surface area contributed by atoms with Gasteiger partial charge in [0.1, 0.15) is 11.7 Å². The number of hydrogen-bond donors (Lipinski definition) is 0. The largest absolute Gasteiger partial charge is 0.360 e. The summed E-state index contributed by atoms with van der Waals surface area (Å²) in [6.45, 7) is 13.5. The highest BCUT2D eigenvalue weighted by Crippen LogP contribution is 2.59. The summed E-state index contributed by atoms with van der Waals surface area (Å²) in [4.78, 5) is 6.79. The van der Waals surface area contributed by atoms with Crippen LogP contribution in [-0.4, -0.2) is 22.4 Å². The van der Waals surface area contributed by atoms with Crippen molar-refractivity contribution in [2.24, 2.45) is 0 Å². The minimum atomic E-state index is -0.141. The first-order chi connectivity index (χ1) is 11.1. The molecule has 1 saturated heterocycles. The van der Waals surface area contributed by atoms with Gasteiger partial charge in [0.05, 0.1) is 16.7 Å². The molecule has 0 unspecified atom stereocenters. The minimum absolute atomic E-state index is 0.0566. The molecule has 2 heterocycles. The van der Waals surface area contributed by atoms with Crippen molar-refractivity contribution >= 4 is 0 Å². The normalized spacial score (nSPS) is 35.8. The Morgan fingerprint density at radius 2 is 1.50 bits per heavy atom. The summed E-state index contributed by atoms with van der Waals surface area (Å²) in [5.74, 6) is 0. The van der Waals surface area contributed by atoms with E-state index in [0.29, 0.717) is 0 Å². The fourth-order valence-electron chi connectivity index (χ4n) is 5.34. The molecule has 0 radical (unpaired) electrons. The molecule has 2 atom stereocenters. The number of epoxide rings is 1. The van der Waals surface area contributed by atoms with Crippen LogP contribution in [0.4, 0.5) is 0 Å². The van der Waals surface area contributed by atoms with E-state index in [1.54, 1.807) is 0 Å². The van der Waals surface area contributed by atoms with E-state index in [9.17, 15) is 0 Å². The molecule has 0 amide bonds. The average Bonchev–Trinajstić information content (AvgIpc) is 3.01. The number of hydroxylamine groups is 2. The third-order valence-electron chi connectivity index (χ3n) is 6.69. The van der Waals surface area contributed by atoms with Gasteiger partial charge in [-0.1, -0.05) is 37.1 Å². The van der Waals surface area contributed by atoms with E-state index >= 15 is 0 Å². The molecule has 1 aromatic carbocycles. The molecule has 2 fully saturated rings. The van der Waals surface area contributed by atoms with Crippen molar-refractivity contribution < 1.29 is 9.57 Å². The van der Waals surface area contributed by atoms with Gasteiger partial charge in [-0.3, -0.25) is 4.84 Å². The topological polar surface area (TPSA) is 25.0 Å². The molecule has 0 N–H and O–H groups in total. The number of nitrogens with zero attached hydrogens (tertiary/aromatic N) is 1. The van der Waals surface area contributed by atoms with Crippen LogP contribution in [0.15, 0.2) is 24.3 Å². The molecule has 1 aromatic rings. The number of benzene rings is 1. The lowest BCUT2D eigenvalue weighted by Gasteiger charge is -2.44. The Kier molecular flexibility index (Phi) is 3.34. The van der Waals surface area contributed by atoms with Crippen molar-refractivity contribution in [1.29, 1.82) is 0 Å². The number of hydrogen-bond acceptors (Lipinski definition) is 3. The van der Waals surface area contributed by atoms with Crippen LogP contribution in [0.3, 0.4) is 0 Å². The molecule has 3 nitrogen and oxygen atoms in total. The van der Waals surface area contributed by atoms with E-state index in [1.807, 2.05) is 0 Å². The first-order valence-corrected chi connectivity index (χ1v) is 9.40. The molecule has 132 valence electrons. The fourth-order valence-corrected chi connectivity index (χ4v) is 5.34. The Hall–Kier alpha value is -0.900. The zero-order valence-electron chi connectivity index (χ0n) is 16.0. The fraction of sp³-hybridized carbons (Fsp3) is 0.714. The third-order valence-corrected chi connectivity index (χ3v) is 6.69. The van der Waals surface area contributed by atoms with Gasteiger partial charge in [-0.25, -0.2) is 0 Å². The molecule has 1 spiro atoms. The standard InChI is InChI=1S/C21H31NO2/c1-18(2)15-11-7-8-12-16(15)19(3,4)22(18)23-17-13-9-10-14-21(17)20(5,6)24-21/h7-8,11-12,17H,9-10,13-14H2,1-6H3/t17-,21-/m1/s1. The predicted octanol–water partition coefficient (Wildman–Crippen LogP) is 4.89. The van der Waals surface area contributed by atoms with Crippen molar-refractivity contribution in [3.63, 3.8) is 0 Å². The van der Waals surface area contributed by atoms with Crippen LogP contribution in [0.5, 0.6) is 0 Å². The maximum Gasteiger partial charge on any atom is 0.125 e. The van der Waals surface area contributed by atoms with Gasteiger partial charge < -0.3 is 4.74 Å². The third kappa shape index (κ3) is 2.01. The Balaban J connectivity index is 1.68. The average molecular weight is 329 g/mol. The lowest BCUT2D eigenvalue weighted by Crippen LogP contribution is -2.52. The van der Waals surface area contributed by atoms with E-state index in [-0.39, 0.29) is 28.4 Å². The maximum absolute atomic E-state index is 6.79. The Morgan fingerprint density at radius 1 is 0.958 bits per heavy atom. The first-order valence-electron chi connectivity index (χ1n) is 9.40. The van der Waals surface area contributed by atoms with E-state index in [4.69, 9.17) is 9.57 Å². The molecular weight excluding hydrogens is 298 g/mol. The van der Waals surface area contributed by atoms with Gasteiger partial charge in [-0.15, -0.1) is 0 Å². The minimum Gasteiger partial charge on any atom is -0.360 e. The first kappa shape index (κ1) is 16.6. The summed E-state index contributed by atoms with van der Waals surface area (Å²) in [6, 6.07) is 8.76. The summed E-state index contributed by atoms with van der Waals surface area (Å²) in [6.07, 6.45) is 4.83. The van der Waals surface area contributed by atoms with Crippen molar-refractivity contribution in [3.8, 4) is 0 Å². The summed E-state index contributed by atoms with van der Waals surface area (Å²) in [7, 11) is 0. The summed E-state index contributed by atoms with van der Waals surface area (Å²) >= 11 is 0. The van der Waals surface area contributed by atoms with Crippen molar-refractivity contribution in [2.75, 3.05) is 0 Å². The number of rotatable bonds is 2. The van der Waals surface area contributed by atoms with Crippen LogP contribution in [0.2, 0.25) is 0 Å². The lowest BCUT2D eigenvalue weighted by molar-refractivity contribution is -0.302.